The van der Waals surface area contributed by atoms with Crippen LogP contribution in [0.25, 0.3) is 0 Å². The third-order valence-corrected chi connectivity index (χ3v) is 1.02. The van der Waals surface area contributed by atoms with Crippen molar-refractivity contribution < 1.29 is 46.3 Å². The van der Waals surface area contributed by atoms with E-state index in [1.54, 1.807) is 0 Å². The minimum atomic E-state index is -1.08. The molecule has 0 aromatic carbocycles. The molecule has 0 bridgehead atoms. The Labute approximate surface area is 119 Å². The fraction of sp³-hybridized carbons (Fsp3) is 0.818. The summed E-state index contributed by atoms with van der Waals surface area (Å²) in [6.07, 6.45) is 4.08. The Hall–Kier alpha value is 0.273. The van der Waals surface area contributed by atoms with Gasteiger partial charge in [-0.25, -0.2) is 0 Å². The predicted molar refractivity (Wildman–Crippen MR) is 61.1 cm³/mol. The Balaban J connectivity index is -0.0000000358. The summed E-state index contributed by atoms with van der Waals surface area (Å²) >= 11 is 0. The van der Waals surface area contributed by atoms with Crippen molar-refractivity contribution in [1.29, 1.82) is 0 Å². The first kappa shape index (κ1) is 29.9. The number of carboxylic acid groups (broad SMARTS) is 1. The minimum absolute atomic E-state index is 0. The summed E-state index contributed by atoms with van der Waals surface area (Å²) in [5, 5.41) is 25.0. The van der Waals surface area contributed by atoms with Crippen molar-refractivity contribution in [3.8, 4) is 0 Å². The number of hydrogen-bond donors (Lipinski definition) is 2. The predicted octanol–water partition coefficient (Wildman–Crippen LogP) is 0.762. The number of unbranched alkanes of at least 4 members (excludes halogenated alkanes) is 2. The van der Waals surface area contributed by atoms with Gasteiger partial charge in [0.15, 0.2) is 0 Å². The number of aliphatic hydroxyl groups excluding tert-OH is 2. The number of carboxylic acids is 1. The van der Waals surface area contributed by atoms with Gasteiger partial charge in [0.1, 0.15) is 0 Å². The molecule has 0 aliphatic rings. The normalized spacial score (nSPS) is 6.81. The third kappa shape index (κ3) is 138. The van der Waals surface area contributed by atoms with E-state index in [2.05, 4.69) is 13.8 Å². The van der Waals surface area contributed by atoms with Crippen LogP contribution >= 0.6 is 0 Å². The quantitative estimate of drug-likeness (QED) is 0.751. The van der Waals surface area contributed by atoms with Crippen molar-refractivity contribution in [2.45, 2.75) is 46.5 Å². The van der Waals surface area contributed by atoms with E-state index in [1.807, 2.05) is 0 Å². The molecule has 0 amide bonds. The fourth-order valence-corrected chi connectivity index (χ4v) is 0.316. The third-order valence-electron chi connectivity index (χ3n) is 1.02. The maximum atomic E-state index is 8.89. The van der Waals surface area contributed by atoms with Crippen molar-refractivity contribution in [2.24, 2.45) is 0 Å². The molecule has 0 aromatic rings. The largest absolute Gasteiger partial charge is 0.550 e. The minimum Gasteiger partial charge on any atom is -0.550 e. The van der Waals surface area contributed by atoms with Crippen LogP contribution in [0.15, 0.2) is 0 Å². The second kappa shape index (κ2) is 36.2. The van der Waals surface area contributed by atoms with E-state index in [9.17, 15) is 0 Å². The molecule has 0 aliphatic carbocycles. The van der Waals surface area contributed by atoms with Crippen molar-refractivity contribution in [1.82, 2.24) is 0 Å². The van der Waals surface area contributed by atoms with Gasteiger partial charge in [0.05, 0.1) is 0 Å². The number of aliphatic carboxylic acids is 1. The zero-order valence-electron chi connectivity index (χ0n) is 11.0. The van der Waals surface area contributed by atoms with E-state index in [1.165, 1.54) is 0 Å². The van der Waals surface area contributed by atoms with Crippen LogP contribution in [0.1, 0.15) is 46.5 Å². The molecule has 0 saturated carbocycles. The summed E-state index contributed by atoms with van der Waals surface area (Å²) in [6, 6.07) is 0. The number of aliphatic hydroxyl groups is 2. The van der Waals surface area contributed by atoms with Crippen LogP contribution in [-0.2, 0) is 31.0 Å². The number of carbonyl (C=O) groups is 1. The molecule has 0 saturated heterocycles. The monoisotopic (exact) mass is 312 g/mol. The van der Waals surface area contributed by atoms with Gasteiger partial charge in [-0.15, -0.1) is 0 Å². The van der Waals surface area contributed by atoms with E-state index in [0.717, 1.165) is 32.6 Å². The molecular formula is C11H26O4Zr-2. The summed E-state index contributed by atoms with van der Waals surface area (Å²) in [5.41, 5.74) is 0. The molecule has 4 nitrogen and oxygen atoms in total. The summed E-state index contributed by atoms with van der Waals surface area (Å²) < 4.78 is 0. The standard InChI is InChI=1S/2C4H10O.C2H4O2.CH3.Zr/c2*1-2-3-4-5;1-2(3)4;;/h2*5H,2-4H2,1H3;1H3,(H,3,4);1H3;/q;;;-1;/p-1. The molecule has 0 spiro atoms. The molecule has 5 heteroatoms. The second-order valence-corrected chi connectivity index (χ2v) is 2.65. The summed E-state index contributed by atoms with van der Waals surface area (Å²) in [7, 11) is 0. The Morgan fingerprint density at radius 2 is 1.25 bits per heavy atom. The van der Waals surface area contributed by atoms with E-state index in [-0.39, 0.29) is 33.6 Å². The van der Waals surface area contributed by atoms with E-state index in [4.69, 9.17) is 20.1 Å². The summed E-state index contributed by atoms with van der Waals surface area (Å²) in [6.45, 7) is 5.76. The molecule has 0 atom stereocenters. The SMILES string of the molecule is CC(=O)[O-].CCCCO.CCCCO.[CH3-].[Zr]. The molecule has 16 heavy (non-hydrogen) atoms. The van der Waals surface area contributed by atoms with Crippen LogP contribution in [0.4, 0.5) is 0 Å². The Morgan fingerprint density at radius 1 is 1.06 bits per heavy atom. The molecule has 0 heterocycles. The molecule has 0 aromatic heterocycles. The van der Waals surface area contributed by atoms with Crippen LogP contribution in [0, 0.1) is 7.43 Å². The molecule has 2 N–H and O–H groups in total. The van der Waals surface area contributed by atoms with Gasteiger partial charge in [0, 0.05) is 45.4 Å². The maximum absolute atomic E-state index is 8.89. The first-order valence-corrected chi connectivity index (χ1v) is 4.95. The fourth-order valence-electron chi connectivity index (χ4n) is 0.316. The van der Waals surface area contributed by atoms with E-state index in [0.29, 0.717) is 13.2 Å². The zero-order chi connectivity index (χ0) is 11.8. The maximum Gasteiger partial charge on any atom is 0.0430 e. The zero-order valence-corrected chi connectivity index (χ0v) is 13.4. The average molecular weight is 314 g/mol. The Kier molecular flexibility index (Phi) is 67.6. The van der Waals surface area contributed by atoms with E-state index < -0.39 is 5.97 Å². The average Bonchev–Trinajstić information content (AvgIpc) is 2.07. The first-order chi connectivity index (χ1) is 6.56. The van der Waals surface area contributed by atoms with Gasteiger partial charge in [-0.1, -0.05) is 26.7 Å². The molecule has 0 rings (SSSR count). The van der Waals surface area contributed by atoms with Crippen LogP contribution in [0.2, 0.25) is 0 Å². The van der Waals surface area contributed by atoms with Gasteiger partial charge in [-0.3, -0.25) is 0 Å². The van der Waals surface area contributed by atoms with Crippen molar-refractivity contribution >= 4 is 5.97 Å². The van der Waals surface area contributed by atoms with Crippen LogP contribution in [0.3, 0.4) is 0 Å². The smallest absolute Gasteiger partial charge is 0.0430 e. The van der Waals surface area contributed by atoms with Gasteiger partial charge in [0.2, 0.25) is 0 Å². The number of carbonyl (C=O) groups excluding carboxylic acids is 1. The Bertz CT molecular complexity index is 86.0. The van der Waals surface area contributed by atoms with E-state index >= 15 is 0 Å². The second-order valence-electron chi connectivity index (χ2n) is 2.65. The van der Waals surface area contributed by atoms with Crippen molar-refractivity contribution in [3.63, 3.8) is 0 Å². The first-order valence-electron chi connectivity index (χ1n) is 4.95. The molecule has 0 aliphatic heterocycles. The van der Waals surface area contributed by atoms with Crippen molar-refractivity contribution in [2.75, 3.05) is 13.2 Å². The van der Waals surface area contributed by atoms with Gasteiger partial charge in [-0.2, -0.15) is 0 Å². The number of hydrogen-bond acceptors (Lipinski definition) is 4. The molecule has 100 valence electrons. The van der Waals surface area contributed by atoms with Gasteiger partial charge >= 0.3 is 0 Å². The Morgan fingerprint density at radius 3 is 1.25 bits per heavy atom. The van der Waals surface area contributed by atoms with Gasteiger partial charge in [-0.05, 0) is 19.8 Å². The summed E-state index contributed by atoms with van der Waals surface area (Å²) in [4.78, 5) is 8.89. The molecule has 0 radical (unpaired) electrons. The van der Waals surface area contributed by atoms with Crippen molar-refractivity contribution in [3.05, 3.63) is 7.43 Å². The number of rotatable bonds is 4. The topological polar surface area (TPSA) is 80.6 Å². The van der Waals surface area contributed by atoms with Gasteiger partial charge < -0.3 is 27.5 Å². The van der Waals surface area contributed by atoms with Gasteiger partial charge in [0.25, 0.3) is 0 Å². The molecule has 0 unspecified atom stereocenters. The summed E-state index contributed by atoms with van der Waals surface area (Å²) in [5.74, 6) is -1.08. The van der Waals surface area contributed by atoms with Crippen LogP contribution in [-0.4, -0.2) is 29.4 Å². The molecular weight excluding hydrogens is 287 g/mol. The molecule has 0 fully saturated rings. The van der Waals surface area contributed by atoms with Crippen LogP contribution in [0.5, 0.6) is 0 Å². The van der Waals surface area contributed by atoms with Crippen LogP contribution < -0.4 is 5.11 Å².